The SMILES string of the molecule is COc1ccc(N)c(NS(=O)(=O)NC(C)C)c1. The topological polar surface area (TPSA) is 93.4 Å². The van der Waals surface area contributed by atoms with Gasteiger partial charge in [0, 0.05) is 12.1 Å². The molecule has 0 saturated carbocycles. The van der Waals surface area contributed by atoms with Crippen LogP contribution in [0.1, 0.15) is 13.8 Å². The first kappa shape index (κ1) is 13.6. The van der Waals surface area contributed by atoms with Crippen molar-refractivity contribution in [3.05, 3.63) is 18.2 Å². The third kappa shape index (κ3) is 4.12. The molecule has 0 unspecified atom stereocenters. The highest BCUT2D eigenvalue weighted by Crippen LogP contribution is 2.24. The molecule has 4 N–H and O–H groups in total. The lowest BCUT2D eigenvalue weighted by molar-refractivity contribution is 0.415. The minimum Gasteiger partial charge on any atom is -0.497 e. The molecule has 17 heavy (non-hydrogen) atoms. The lowest BCUT2D eigenvalue weighted by atomic mass is 10.2. The average molecular weight is 259 g/mol. The van der Waals surface area contributed by atoms with Gasteiger partial charge in [0.05, 0.1) is 18.5 Å². The number of hydrogen-bond donors (Lipinski definition) is 3. The fourth-order valence-electron chi connectivity index (χ4n) is 1.24. The van der Waals surface area contributed by atoms with Crippen LogP contribution in [0.15, 0.2) is 18.2 Å². The molecule has 0 radical (unpaired) electrons. The van der Waals surface area contributed by atoms with Gasteiger partial charge >= 0.3 is 0 Å². The molecule has 0 spiro atoms. The third-order valence-corrected chi connectivity index (χ3v) is 3.17. The van der Waals surface area contributed by atoms with Crippen molar-refractivity contribution in [2.75, 3.05) is 17.6 Å². The van der Waals surface area contributed by atoms with Crippen LogP contribution in [-0.4, -0.2) is 21.6 Å². The third-order valence-electron chi connectivity index (χ3n) is 1.90. The summed E-state index contributed by atoms with van der Waals surface area (Å²) in [7, 11) is -2.12. The maximum absolute atomic E-state index is 11.6. The van der Waals surface area contributed by atoms with Crippen molar-refractivity contribution in [2.45, 2.75) is 19.9 Å². The summed E-state index contributed by atoms with van der Waals surface area (Å²) >= 11 is 0. The summed E-state index contributed by atoms with van der Waals surface area (Å²) in [6, 6.07) is 4.56. The zero-order valence-electron chi connectivity index (χ0n) is 10.0. The van der Waals surface area contributed by atoms with Crippen molar-refractivity contribution in [1.29, 1.82) is 0 Å². The number of nitrogens with two attached hydrogens (primary N) is 1. The number of anilines is 2. The fourth-order valence-corrected chi connectivity index (χ4v) is 2.38. The van der Waals surface area contributed by atoms with E-state index in [-0.39, 0.29) is 11.7 Å². The molecule has 0 fully saturated rings. The second kappa shape index (κ2) is 5.24. The summed E-state index contributed by atoms with van der Waals surface area (Å²) in [5, 5.41) is 0. The van der Waals surface area contributed by atoms with Crippen molar-refractivity contribution < 1.29 is 13.2 Å². The monoisotopic (exact) mass is 259 g/mol. The number of rotatable bonds is 5. The van der Waals surface area contributed by atoms with E-state index in [2.05, 4.69) is 9.44 Å². The van der Waals surface area contributed by atoms with Crippen LogP contribution < -0.4 is 19.9 Å². The van der Waals surface area contributed by atoms with Crippen molar-refractivity contribution in [3.63, 3.8) is 0 Å². The molecule has 7 heteroatoms. The minimum absolute atomic E-state index is 0.195. The van der Waals surface area contributed by atoms with Gasteiger partial charge in [0.15, 0.2) is 0 Å². The molecule has 0 heterocycles. The molecule has 1 rings (SSSR count). The highest BCUT2D eigenvalue weighted by atomic mass is 32.2. The van der Waals surface area contributed by atoms with Gasteiger partial charge < -0.3 is 10.5 Å². The molecule has 0 aromatic heterocycles. The molecular weight excluding hydrogens is 242 g/mol. The molecule has 96 valence electrons. The summed E-state index contributed by atoms with van der Waals surface area (Å²) in [6.45, 7) is 3.46. The molecule has 0 aliphatic heterocycles. The average Bonchev–Trinajstić information content (AvgIpc) is 2.19. The van der Waals surface area contributed by atoms with Crippen LogP contribution in [0.3, 0.4) is 0 Å². The summed E-state index contributed by atoms with van der Waals surface area (Å²) in [6.07, 6.45) is 0. The summed E-state index contributed by atoms with van der Waals surface area (Å²) < 4.78 is 33.0. The Hall–Kier alpha value is -1.47. The molecule has 0 aliphatic rings. The lowest BCUT2D eigenvalue weighted by Crippen LogP contribution is -2.35. The molecular formula is C10H17N3O3S. The Morgan fingerprint density at radius 3 is 2.53 bits per heavy atom. The standard InChI is InChI=1S/C10H17N3O3S/c1-7(2)12-17(14,15)13-10-6-8(16-3)4-5-9(10)11/h4-7,12-13H,11H2,1-3H3. The van der Waals surface area contributed by atoms with Crippen molar-refractivity contribution in [3.8, 4) is 5.75 Å². The van der Waals surface area contributed by atoms with Crippen LogP contribution in [0, 0.1) is 0 Å². The second-order valence-corrected chi connectivity index (χ2v) is 5.28. The van der Waals surface area contributed by atoms with Gasteiger partial charge in [-0.1, -0.05) is 0 Å². The van der Waals surface area contributed by atoms with E-state index in [1.54, 1.807) is 26.0 Å². The molecule has 1 aromatic rings. The molecule has 0 aliphatic carbocycles. The maximum atomic E-state index is 11.6. The summed E-state index contributed by atoms with van der Waals surface area (Å²) in [5.41, 5.74) is 6.29. The first-order valence-electron chi connectivity index (χ1n) is 5.07. The highest BCUT2D eigenvalue weighted by Gasteiger charge is 2.13. The lowest BCUT2D eigenvalue weighted by Gasteiger charge is -2.13. The van der Waals surface area contributed by atoms with E-state index in [0.29, 0.717) is 11.4 Å². The Balaban J connectivity index is 2.94. The molecule has 0 atom stereocenters. The molecule has 1 aromatic carbocycles. The Labute approximate surface area is 101 Å². The Morgan fingerprint density at radius 1 is 1.35 bits per heavy atom. The number of benzene rings is 1. The largest absolute Gasteiger partial charge is 0.497 e. The van der Waals surface area contributed by atoms with Gasteiger partial charge in [-0.25, -0.2) is 0 Å². The van der Waals surface area contributed by atoms with Gasteiger partial charge in [0.25, 0.3) is 10.2 Å². The quantitative estimate of drug-likeness (QED) is 0.686. The van der Waals surface area contributed by atoms with Gasteiger partial charge in [-0.15, -0.1) is 0 Å². The van der Waals surface area contributed by atoms with Crippen LogP contribution in [0.2, 0.25) is 0 Å². The number of methoxy groups -OCH3 is 1. The van der Waals surface area contributed by atoms with Crippen molar-refractivity contribution in [1.82, 2.24) is 4.72 Å². The predicted molar refractivity (Wildman–Crippen MR) is 68.2 cm³/mol. The highest BCUT2D eigenvalue weighted by molar-refractivity contribution is 7.90. The number of hydrogen-bond acceptors (Lipinski definition) is 4. The van der Waals surface area contributed by atoms with Gasteiger partial charge in [-0.2, -0.15) is 13.1 Å². The van der Waals surface area contributed by atoms with E-state index < -0.39 is 10.2 Å². The number of ether oxygens (including phenoxy) is 1. The maximum Gasteiger partial charge on any atom is 0.299 e. The normalized spacial score (nSPS) is 11.5. The molecule has 0 bridgehead atoms. The van der Waals surface area contributed by atoms with E-state index in [1.807, 2.05) is 0 Å². The van der Waals surface area contributed by atoms with Crippen LogP contribution in [0.25, 0.3) is 0 Å². The molecule has 0 amide bonds. The van der Waals surface area contributed by atoms with Crippen LogP contribution in [0.5, 0.6) is 5.75 Å². The van der Waals surface area contributed by atoms with Crippen molar-refractivity contribution in [2.24, 2.45) is 0 Å². The van der Waals surface area contributed by atoms with Gasteiger partial charge in [-0.05, 0) is 26.0 Å². The zero-order valence-corrected chi connectivity index (χ0v) is 10.8. The first-order valence-corrected chi connectivity index (χ1v) is 6.56. The van der Waals surface area contributed by atoms with Crippen LogP contribution in [0.4, 0.5) is 11.4 Å². The van der Waals surface area contributed by atoms with E-state index in [9.17, 15) is 8.42 Å². The van der Waals surface area contributed by atoms with Gasteiger partial charge in [-0.3, -0.25) is 4.72 Å². The smallest absolute Gasteiger partial charge is 0.299 e. The Bertz CT molecular complexity index is 486. The number of nitrogen functional groups attached to an aromatic ring is 1. The second-order valence-electron chi connectivity index (χ2n) is 3.83. The van der Waals surface area contributed by atoms with E-state index in [0.717, 1.165) is 0 Å². The Morgan fingerprint density at radius 2 is 2.00 bits per heavy atom. The fraction of sp³-hybridized carbons (Fsp3) is 0.400. The van der Waals surface area contributed by atoms with Crippen molar-refractivity contribution >= 4 is 21.6 Å². The summed E-state index contributed by atoms with van der Waals surface area (Å²) in [5.74, 6) is 0.529. The van der Waals surface area contributed by atoms with Gasteiger partial charge in [0.1, 0.15) is 5.75 Å². The van der Waals surface area contributed by atoms with Gasteiger partial charge in [0.2, 0.25) is 0 Å². The first-order chi connectivity index (χ1) is 7.84. The molecule has 6 nitrogen and oxygen atoms in total. The van der Waals surface area contributed by atoms with E-state index in [1.165, 1.54) is 13.2 Å². The molecule has 0 saturated heterocycles. The van der Waals surface area contributed by atoms with E-state index >= 15 is 0 Å². The number of nitrogens with one attached hydrogen (secondary N) is 2. The minimum atomic E-state index is -3.62. The summed E-state index contributed by atoms with van der Waals surface area (Å²) in [4.78, 5) is 0. The van der Waals surface area contributed by atoms with Crippen LogP contribution >= 0.6 is 0 Å². The zero-order chi connectivity index (χ0) is 13.1. The van der Waals surface area contributed by atoms with Crippen LogP contribution in [-0.2, 0) is 10.2 Å². The van der Waals surface area contributed by atoms with E-state index in [4.69, 9.17) is 10.5 Å². The predicted octanol–water partition coefficient (Wildman–Crippen LogP) is 0.932. The Kier molecular flexibility index (Phi) is 4.19.